The molecule has 2 unspecified atom stereocenters. The highest BCUT2D eigenvalue weighted by atomic mass is 16.4. The van der Waals surface area contributed by atoms with Crippen LogP contribution >= 0.6 is 0 Å². The van der Waals surface area contributed by atoms with E-state index in [4.69, 9.17) is 5.11 Å². The van der Waals surface area contributed by atoms with Gasteiger partial charge in [0.05, 0.1) is 0 Å². The molecule has 0 bridgehead atoms. The topological polar surface area (TPSA) is 64.1 Å². The van der Waals surface area contributed by atoms with E-state index in [-0.39, 0.29) is 17.5 Å². The van der Waals surface area contributed by atoms with Gasteiger partial charge in [0, 0.05) is 39.3 Å². The third kappa shape index (κ3) is 4.33. The van der Waals surface area contributed by atoms with E-state index < -0.39 is 12.0 Å². The second kappa shape index (κ2) is 6.64. The second-order valence-corrected chi connectivity index (χ2v) is 6.97. The molecular weight excluding hydrogens is 270 g/mol. The Labute approximate surface area is 127 Å². The van der Waals surface area contributed by atoms with Crippen molar-refractivity contribution >= 4 is 12.0 Å². The fourth-order valence-corrected chi connectivity index (χ4v) is 2.43. The van der Waals surface area contributed by atoms with E-state index in [1.807, 2.05) is 16.8 Å². The molecular formula is C15H29N3O3. The number of nitrogens with zero attached hydrogens (tertiary/aromatic N) is 3. The van der Waals surface area contributed by atoms with Gasteiger partial charge in [0.15, 0.2) is 0 Å². The first-order valence-electron chi connectivity index (χ1n) is 7.54. The number of aliphatic carboxylic acids is 1. The van der Waals surface area contributed by atoms with Crippen LogP contribution in [-0.4, -0.2) is 77.1 Å². The highest BCUT2D eigenvalue weighted by Crippen LogP contribution is 2.24. The quantitative estimate of drug-likeness (QED) is 0.859. The molecule has 1 aliphatic rings. The maximum Gasteiger partial charge on any atom is 0.320 e. The van der Waals surface area contributed by atoms with Gasteiger partial charge < -0.3 is 14.9 Å². The van der Waals surface area contributed by atoms with Crippen LogP contribution in [0.1, 0.15) is 34.6 Å². The summed E-state index contributed by atoms with van der Waals surface area (Å²) in [6.07, 6.45) is 0. The number of carbonyl (C=O) groups is 2. The third-order valence-electron chi connectivity index (χ3n) is 4.63. The fourth-order valence-electron chi connectivity index (χ4n) is 2.43. The lowest BCUT2D eigenvalue weighted by Crippen LogP contribution is -2.57. The van der Waals surface area contributed by atoms with E-state index in [0.29, 0.717) is 26.2 Å². The summed E-state index contributed by atoms with van der Waals surface area (Å²) in [5.41, 5.74) is 0.0318. The summed E-state index contributed by atoms with van der Waals surface area (Å²) < 4.78 is 0. The van der Waals surface area contributed by atoms with Crippen LogP contribution in [0.4, 0.5) is 4.79 Å². The minimum absolute atomic E-state index is 0.0278. The number of carbonyl (C=O) groups excluding carboxylic acids is 1. The van der Waals surface area contributed by atoms with Crippen molar-refractivity contribution in [1.82, 2.24) is 14.7 Å². The predicted octanol–water partition coefficient (Wildman–Crippen LogP) is 1.56. The number of amides is 2. The van der Waals surface area contributed by atoms with Crippen molar-refractivity contribution in [2.75, 3.05) is 33.2 Å². The number of urea groups is 1. The standard InChI is InChI=1S/C15H29N3O3/c1-11(13(19)20)17-7-9-18(10-8-17)14(21)16(6)12(2)15(3,4)5/h11-12H,7-10H2,1-6H3,(H,19,20). The van der Waals surface area contributed by atoms with Crippen LogP contribution in [0.25, 0.3) is 0 Å². The minimum atomic E-state index is -0.812. The molecule has 0 aromatic rings. The summed E-state index contributed by atoms with van der Waals surface area (Å²) in [7, 11) is 1.84. The number of carboxylic acids is 1. The lowest BCUT2D eigenvalue weighted by atomic mass is 9.87. The first-order chi connectivity index (χ1) is 9.55. The highest BCUT2D eigenvalue weighted by Gasteiger charge is 2.32. The third-order valence-corrected chi connectivity index (χ3v) is 4.63. The molecule has 1 N–H and O–H groups in total. The van der Waals surface area contributed by atoms with E-state index in [1.54, 1.807) is 11.8 Å². The molecule has 0 radical (unpaired) electrons. The summed E-state index contributed by atoms with van der Waals surface area (Å²) in [6, 6.07) is -0.325. The Hall–Kier alpha value is -1.30. The predicted molar refractivity (Wildman–Crippen MR) is 82.3 cm³/mol. The maximum absolute atomic E-state index is 12.5. The SMILES string of the molecule is CC(C(=O)O)N1CCN(C(=O)N(C)C(C)C(C)(C)C)CC1. The number of hydrogen-bond acceptors (Lipinski definition) is 3. The van der Waals surface area contributed by atoms with Crippen molar-refractivity contribution in [3.8, 4) is 0 Å². The average molecular weight is 299 g/mol. The van der Waals surface area contributed by atoms with Gasteiger partial charge in [-0.2, -0.15) is 0 Å². The molecule has 2 atom stereocenters. The van der Waals surface area contributed by atoms with Gasteiger partial charge in [-0.05, 0) is 19.3 Å². The smallest absolute Gasteiger partial charge is 0.320 e. The number of piperazine rings is 1. The number of hydrogen-bond donors (Lipinski definition) is 1. The van der Waals surface area contributed by atoms with E-state index >= 15 is 0 Å². The monoisotopic (exact) mass is 299 g/mol. The molecule has 2 amide bonds. The maximum atomic E-state index is 12.5. The molecule has 1 aliphatic heterocycles. The summed E-state index contributed by atoms with van der Waals surface area (Å²) in [5.74, 6) is -0.812. The summed E-state index contributed by atoms with van der Waals surface area (Å²) >= 11 is 0. The molecule has 21 heavy (non-hydrogen) atoms. The Kier molecular flexibility index (Phi) is 5.61. The van der Waals surface area contributed by atoms with Gasteiger partial charge in [0.2, 0.25) is 0 Å². The lowest BCUT2D eigenvalue weighted by molar-refractivity contribution is -0.143. The molecule has 6 nitrogen and oxygen atoms in total. The van der Waals surface area contributed by atoms with E-state index in [9.17, 15) is 9.59 Å². The van der Waals surface area contributed by atoms with Crippen molar-refractivity contribution in [3.63, 3.8) is 0 Å². The first-order valence-corrected chi connectivity index (χ1v) is 7.54. The van der Waals surface area contributed by atoms with E-state index in [1.165, 1.54) is 0 Å². The van der Waals surface area contributed by atoms with Crippen molar-refractivity contribution in [1.29, 1.82) is 0 Å². The fraction of sp³-hybridized carbons (Fsp3) is 0.867. The van der Waals surface area contributed by atoms with E-state index in [0.717, 1.165) is 0 Å². The molecule has 1 fully saturated rings. The lowest BCUT2D eigenvalue weighted by Gasteiger charge is -2.41. The van der Waals surface area contributed by atoms with Crippen LogP contribution in [0.5, 0.6) is 0 Å². The van der Waals surface area contributed by atoms with Crippen LogP contribution in [0, 0.1) is 5.41 Å². The van der Waals surface area contributed by atoms with Crippen LogP contribution in [0.15, 0.2) is 0 Å². The van der Waals surface area contributed by atoms with Gasteiger partial charge in [-0.1, -0.05) is 20.8 Å². The summed E-state index contributed by atoms with van der Waals surface area (Å²) in [4.78, 5) is 29.0. The Morgan fingerprint density at radius 3 is 1.95 bits per heavy atom. The summed E-state index contributed by atoms with van der Waals surface area (Å²) in [6.45, 7) is 12.5. The largest absolute Gasteiger partial charge is 0.480 e. The van der Waals surface area contributed by atoms with Crippen LogP contribution in [-0.2, 0) is 4.79 Å². The van der Waals surface area contributed by atoms with Crippen molar-refractivity contribution in [3.05, 3.63) is 0 Å². The van der Waals surface area contributed by atoms with Crippen molar-refractivity contribution in [2.24, 2.45) is 5.41 Å². The van der Waals surface area contributed by atoms with Gasteiger partial charge in [0.1, 0.15) is 6.04 Å². The molecule has 0 aliphatic carbocycles. The van der Waals surface area contributed by atoms with Gasteiger partial charge in [0.25, 0.3) is 0 Å². The molecule has 6 heteroatoms. The molecule has 1 rings (SSSR count). The normalized spacial score (nSPS) is 20.0. The number of carboxylic acid groups (broad SMARTS) is 1. The van der Waals surface area contributed by atoms with Gasteiger partial charge >= 0.3 is 12.0 Å². The Morgan fingerprint density at radius 2 is 1.57 bits per heavy atom. The molecule has 0 aromatic carbocycles. The van der Waals surface area contributed by atoms with Gasteiger partial charge in [-0.15, -0.1) is 0 Å². The van der Waals surface area contributed by atoms with Gasteiger partial charge in [-0.3, -0.25) is 9.69 Å². The molecule has 0 saturated carbocycles. The Morgan fingerprint density at radius 1 is 1.10 bits per heavy atom. The van der Waals surface area contributed by atoms with Gasteiger partial charge in [-0.25, -0.2) is 4.79 Å². The van der Waals surface area contributed by atoms with E-state index in [2.05, 4.69) is 27.7 Å². The molecule has 122 valence electrons. The van der Waals surface area contributed by atoms with Crippen molar-refractivity contribution in [2.45, 2.75) is 46.7 Å². The zero-order valence-electron chi connectivity index (χ0n) is 14.1. The molecule has 1 saturated heterocycles. The number of rotatable bonds is 3. The zero-order valence-corrected chi connectivity index (χ0v) is 14.1. The first kappa shape index (κ1) is 17.8. The summed E-state index contributed by atoms with van der Waals surface area (Å²) in [5, 5.41) is 9.03. The molecule has 0 aromatic heterocycles. The minimum Gasteiger partial charge on any atom is -0.480 e. The van der Waals surface area contributed by atoms with Crippen LogP contribution in [0.2, 0.25) is 0 Å². The Bertz CT molecular complexity index is 384. The second-order valence-electron chi connectivity index (χ2n) is 6.97. The molecule has 1 heterocycles. The zero-order chi connectivity index (χ0) is 16.4. The Balaban J connectivity index is 2.58. The molecule has 0 spiro atoms. The average Bonchev–Trinajstić information content (AvgIpc) is 2.43. The van der Waals surface area contributed by atoms with Crippen LogP contribution in [0.3, 0.4) is 0 Å². The van der Waals surface area contributed by atoms with Crippen molar-refractivity contribution < 1.29 is 14.7 Å². The van der Waals surface area contributed by atoms with Crippen LogP contribution < -0.4 is 0 Å². The highest BCUT2D eigenvalue weighted by molar-refractivity contribution is 5.75.